The number of alkyl halides is 3. The van der Waals surface area contributed by atoms with Crippen LogP contribution in [0.15, 0.2) is 91.0 Å². The number of hydrogen-bond acceptors (Lipinski definition) is 11. The molecule has 0 radical (unpaired) electrons. The van der Waals surface area contributed by atoms with Crippen molar-refractivity contribution in [3.63, 3.8) is 0 Å². The number of imide groups is 1. The normalized spacial score (nSPS) is 22.6. The number of rotatable bonds is 14. The number of anilines is 2. The van der Waals surface area contributed by atoms with E-state index in [4.69, 9.17) is 9.47 Å². The Morgan fingerprint density at radius 3 is 2.22 bits per heavy atom. The van der Waals surface area contributed by atoms with Crippen molar-refractivity contribution >= 4 is 57.7 Å². The Morgan fingerprint density at radius 2 is 1.48 bits per heavy atom. The molecule has 6 heterocycles. The Morgan fingerprint density at radius 1 is 0.744 bits per heavy atom. The van der Waals surface area contributed by atoms with E-state index in [1.807, 2.05) is 17.0 Å². The maximum Gasteiger partial charge on any atom is 0.428 e. The second-order valence-corrected chi connectivity index (χ2v) is 22.9. The van der Waals surface area contributed by atoms with E-state index in [-0.39, 0.29) is 79.8 Å². The predicted molar refractivity (Wildman–Crippen MR) is 300 cm³/mol. The van der Waals surface area contributed by atoms with Gasteiger partial charge in [0, 0.05) is 124 Å². The lowest BCUT2D eigenvalue weighted by atomic mass is 9.81. The number of piperazine rings is 1. The molecule has 0 bridgehead atoms. The van der Waals surface area contributed by atoms with Crippen LogP contribution >= 0.6 is 0 Å². The number of amides is 6. The van der Waals surface area contributed by atoms with Gasteiger partial charge in [0.15, 0.2) is 0 Å². The van der Waals surface area contributed by atoms with Crippen LogP contribution in [-0.2, 0) is 28.8 Å². The van der Waals surface area contributed by atoms with Gasteiger partial charge in [-0.2, -0.15) is 18.4 Å². The van der Waals surface area contributed by atoms with Crippen molar-refractivity contribution in [1.82, 2.24) is 30.3 Å². The number of halogens is 3. The molecule has 0 spiro atoms. The number of fused-ring (bicyclic) bond motifs is 2. The minimum atomic E-state index is -4.80. The summed E-state index contributed by atoms with van der Waals surface area (Å²) in [6.45, 7) is 5.73. The molecule has 430 valence electrons. The smallest absolute Gasteiger partial charge is 0.428 e. The number of nitrogens with one attached hydrogen (secondary N) is 4. The number of H-pyrrole nitrogens is 1. The third-order valence-corrected chi connectivity index (χ3v) is 17.8. The summed E-state index contributed by atoms with van der Waals surface area (Å²) in [7, 11) is 0. The summed E-state index contributed by atoms with van der Waals surface area (Å²) < 4.78 is 57.5. The molecule has 4 aromatic carbocycles. The lowest BCUT2D eigenvalue weighted by Gasteiger charge is -2.43. The highest BCUT2D eigenvalue weighted by molar-refractivity contribution is 6.02. The zero-order valence-corrected chi connectivity index (χ0v) is 45.7. The largest absolute Gasteiger partial charge is 0.492 e. The molecule has 2 atom stereocenters. The van der Waals surface area contributed by atoms with Gasteiger partial charge in [-0.3, -0.25) is 39.0 Å². The standard InChI is InChI=1S/C62H68F3N9O8/c63-62(64,65)61(82-54-10-2-1-8-47(54)53-35-48-43(37-66)6-4-9-51(48)68-53)21-26-73(27-22-61)60(80)50-36-56(76)69-52-17-15-45(34-49(50)52)81-32-23-67-57(77)40-11-13-41(14-12-40)59(79)74-30-28-71(29-31-74)38-39-19-24-72(25-20-39)44-7-3-5-42(33-44)46-16-18-55(75)70-58(46)78/h1-10,15,17,33-35,39-41,46,50,68H,11-14,16,18-32,36,38H2,(H,67,77)(H,69,76)(H,70,75,78)/t40?,41?,46?,50-/m0/s1. The third-order valence-electron chi connectivity index (χ3n) is 17.8. The molecule has 1 aliphatic carbocycles. The van der Waals surface area contributed by atoms with Crippen LogP contribution in [0, 0.1) is 29.1 Å². The topological polar surface area (TPSA) is 210 Å². The molecule has 5 aliphatic heterocycles. The zero-order chi connectivity index (χ0) is 57.1. The number of ether oxygens (including phenoxy) is 2. The number of carbonyl (C=O) groups is 6. The number of aromatic amines is 1. The highest BCUT2D eigenvalue weighted by Crippen LogP contribution is 2.46. The summed E-state index contributed by atoms with van der Waals surface area (Å²) in [5.74, 6) is -1.84. The highest BCUT2D eigenvalue weighted by atomic mass is 19.4. The second-order valence-electron chi connectivity index (χ2n) is 22.9. The van der Waals surface area contributed by atoms with Crippen molar-refractivity contribution in [2.45, 2.75) is 94.2 Å². The summed E-state index contributed by atoms with van der Waals surface area (Å²) in [6.07, 6.45) is -0.538. The average molecular weight is 1120 g/mol. The number of piperidine rings is 3. The van der Waals surface area contributed by atoms with Crippen LogP contribution in [0.3, 0.4) is 0 Å². The monoisotopic (exact) mass is 1120 g/mol. The van der Waals surface area contributed by atoms with Crippen molar-refractivity contribution in [3.8, 4) is 28.8 Å². The van der Waals surface area contributed by atoms with Crippen molar-refractivity contribution < 1.29 is 51.4 Å². The number of nitrogens with zero attached hydrogens (tertiary/aromatic N) is 5. The molecule has 1 saturated carbocycles. The van der Waals surface area contributed by atoms with Crippen LogP contribution in [0.25, 0.3) is 22.2 Å². The van der Waals surface area contributed by atoms with Crippen LogP contribution in [-0.4, -0.2) is 139 Å². The molecule has 11 rings (SSSR count). The summed E-state index contributed by atoms with van der Waals surface area (Å²) in [6, 6.07) is 28.6. The van der Waals surface area contributed by atoms with E-state index in [2.05, 4.69) is 48.9 Å². The Hall–Kier alpha value is -7.92. The SMILES string of the molecule is N#Cc1cccc2[nH]c(-c3ccccc3OC3(C(F)(F)F)CCN(C(=O)[C@H]4CC(=O)Nc5ccc(OCCNC(=O)C6CCC(C(=O)N7CCN(CC8CCN(c9cccc(C%10CCC(=O)NC%10=O)c9)CC8)CC7)CC6)cc54)CC3)cc12. The van der Waals surface area contributed by atoms with Gasteiger partial charge >= 0.3 is 6.18 Å². The van der Waals surface area contributed by atoms with E-state index in [0.29, 0.717) is 102 Å². The van der Waals surface area contributed by atoms with Gasteiger partial charge in [-0.25, -0.2) is 0 Å². The van der Waals surface area contributed by atoms with Gasteiger partial charge in [0.2, 0.25) is 41.0 Å². The first-order valence-corrected chi connectivity index (χ1v) is 28.8. The van der Waals surface area contributed by atoms with Crippen molar-refractivity contribution in [1.29, 1.82) is 5.26 Å². The summed E-state index contributed by atoms with van der Waals surface area (Å²) in [5.41, 5.74) is 2.30. The second kappa shape index (κ2) is 23.9. The molecule has 4 saturated heterocycles. The molecule has 6 aliphatic rings. The van der Waals surface area contributed by atoms with Crippen molar-refractivity contribution in [2.75, 3.05) is 82.3 Å². The van der Waals surface area contributed by atoms with E-state index in [1.54, 1.807) is 60.7 Å². The van der Waals surface area contributed by atoms with E-state index in [9.17, 15) is 34.0 Å². The van der Waals surface area contributed by atoms with Gasteiger partial charge in [-0.15, -0.1) is 0 Å². The Bertz CT molecular complexity index is 3270. The molecule has 5 aromatic rings. The first kappa shape index (κ1) is 56.0. The maximum atomic E-state index is 15.2. The van der Waals surface area contributed by atoms with E-state index in [0.717, 1.165) is 56.8 Å². The minimum Gasteiger partial charge on any atom is -0.492 e. The minimum absolute atomic E-state index is 0.00327. The number of carbonyl (C=O) groups excluding carboxylic acids is 6. The van der Waals surface area contributed by atoms with Gasteiger partial charge in [0.25, 0.3) is 0 Å². The van der Waals surface area contributed by atoms with Crippen LogP contribution in [0.2, 0.25) is 0 Å². The zero-order valence-electron chi connectivity index (χ0n) is 45.7. The van der Waals surface area contributed by atoms with Crippen molar-refractivity contribution in [2.24, 2.45) is 17.8 Å². The first-order valence-electron chi connectivity index (χ1n) is 28.8. The molecule has 17 nitrogen and oxygen atoms in total. The van der Waals surface area contributed by atoms with Gasteiger partial charge in [0.05, 0.1) is 35.7 Å². The van der Waals surface area contributed by atoms with Gasteiger partial charge in [0.1, 0.15) is 18.1 Å². The van der Waals surface area contributed by atoms with Gasteiger partial charge < -0.3 is 39.8 Å². The molecule has 6 amide bonds. The van der Waals surface area contributed by atoms with E-state index in [1.165, 1.54) is 11.0 Å². The molecule has 1 aromatic heterocycles. The highest BCUT2D eigenvalue weighted by Gasteiger charge is 2.59. The average Bonchev–Trinajstić information content (AvgIpc) is 3.97. The molecule has 4 N–H and O–H groups in total. The predicted octanol–water partition coefficient (Wildman–Crippen LogP) is 8.02. The molecule has 1 unspecified atom stereocenters. The van der Waals surface area contributed by atoms with Gasteiger partial charge in [-0.1, -0.05) is 30.3 Å². The summed E-state index contributed by atoms with van der Waals surface area (Å²) >= 11 is 0. The Labute approximate surface area is 473 Å². The molecular formula is C62H68F3N9O8. The lowest BCUT2D eigenvalue weighted by Crippen LogP contribution is -2.58. The Balaban J connectivity index is 0.607. The third kappa shape index (κ3) is 12.0. The van der Waals surface area contributed by atoms with E-state index < -0.39 is 42.4 Å². The number of benzene rings is 4. The fourth-order valence-corrected chi connectivity index (χ4v) is 13.1. The number of para-hydroxylation sites is 1. The Kier molecular flexibility index (Phi) is 16.3. The molecule has 82 heavy (non-hydrogen) atoms. The van der Waals surface area contributed by atoms with Crippen LogP contribution < -0.4 is 30.3 Å². The summed E-state index contributed by atoms with van der Waals surface area (Å²) in [5, 5.41) is 18.5. The molecule has 5 fully saturated rings. The fraction of sp³-hybridized carbons (Fsp3) is 0.468. The first-order chi connectivity index (χ1) is 39.6. The number of nitriles is 1. The number of hydrogen-bond donors (Lipinski definition) is 4. The summed E-state index contributed by atoms with van der Waals surface area (Å²) in [4.78, 5) is 89.7. The van der Waals surface area contributed by atoms with Gasteiger partial charge in [-0.05, 0) is 123 Å². The lowest BCUT2D eigenvalue weighted by molar-refractivity contribution is -0.260. The number of aromatic nitrogens is 1. The molecule has 20 heteroatoms. The van der Waals surface area contributed by atoms with Crippen LogP contribution in [0.1, 0.15) is 99.2 Å². The molecular weight excluding hydrogens is 1060 g/mol. The van der Waals surface area contributed by atoms with Crippen molar-refractivity contribution in [3.05, 3.63) is 108 Å². The number of likely N-dealkylation sites (tertiary alicyclic amines) is 1. The van der Waals surface area contributed by atoms with E-state index >= 15 is 13.2 Å². The maximum absolute atomic E-state index is 15.2. The fourth-order valence-electron chi connectivity index (χ4n) is 13.1. The van der Waals surface area contributed by atoms with Crippen LogP contribution in [0.4, 0.5) is 24.5 Å². The van der Waals surface area contributed by atoms with Crippen LogP contribution in [0.5, 0.6) is 11.5 Å². The quantitative estimate of drug-likeness (QED) is 0.0618.